The molecule has 2 aromatic rings. The summed E-state index contributed by atoms with van der Waals surface area (Å²) in [6.07, 6.45) is 0.760. The molecule has 0 radical (unpaired) electrons. The summed E-state index contributed by atoms with van der Waals surface area (Å²) >= 11 is 0.0785. The molecule has 0 heterocycles. The van der Waals surface area contributed by atoms with Gasteiger partial charge in [-0.2, -0.15) is 0 Å². The Morgan fingerprint density at radius 2 is 1.76 bits per heavy atom. The number of nitrogens with one attached hydrogen (secondary N) is 1. The maximum atomic E-state index is 12.9. The van der Waals surface area contributed by atoms with Gasteiger partial charge in [-0.25, -0.2) is 0 Å². The first-order chi connectivity index (χ1) is 12.0. The van der Waals surface area contributed by atoms with Gasteiger partial charge in [0.1, 0.15) is 0 Å². The van der Waals surface area contributed by atoms with Gasteiger partial charge >= 0.3 is 156 Å². The summed E-state index contributed by atoms with van der Waals surface area (Å²) in [5.74, 6) is 0.0319. The predicted molar refractivity (Wildman–Crippen MR) is 98.0 cm³/mol. The standard InChI is InChI=1S/C21H27INO2/c1-21(2,17-10-12-18(22-3)13-11-17)20(24)23-19(15-25-4)14-16-8-6-5-7-9-16/h5-13,19H,14-15H2,1-4H3,(H,23,24)/q-1/t19-/m0/s1. The quantitative estimate of drug-likeness (QED) is 0.460. The summed E-state index contributed by atoms with van der Waals surface area (Å²) in [4.78, 5) is 15.2. The van der Waals surface area contributed by atoms with E-state index >= 15 is 0 Å². The summed E-state index contributed by atoms with van der Waals surface area (Å²) in [6.45, 7) is 4.45. The fourth-order valence-electron chi connectivity index (χ4n) is 2.74. The molecule has 0 spiro atoms. The van der Waals surface area contributed by atoms with Crippen molar-refractivity contribution in [2.24, 2.45) is 0 Å². The molecule has 0 bridgehead atoms. The zero-order valence-corrected chi connectivity index (χ0v) is 17.5. The SMILES string of the molecule is COC[C@H](Cc1ccccc1)NC(=O)C(C)(C)c1ccc([I-]C)cc1. The monoisotopic (exact) mass is 452 g/mol. The normalized spacial score (nSPS) is 12.8. The molecule has 2 rings (SSSR count). The second-order valence-corrected chi connectivity index (χ2v) is 8.96. The summed E-state index contributed by atoms with van der Waals surface area (Å²) in [5.41, 5.74) is 1.66. The molecule has 0 aliphatic carbocycles. The van der Waals surface area contributed by atoms with Crippen LogP contribution in [0.1, 0.15) is 25.0 Å². The van der Waals surface area contributed by atoms with Crippen molar-refractivity contribution in [2.75, 3.05) is 18.6 Å². The fraction of sp³-hybridized carbons (Fsp3) is 0.381. The zero-order valence-electron chi connectivity index (χ0n) is 15.4. The Hall–Kier alpha value is -1.40. The number of halogens is 1. The maximum absolute atomic E-state index is 12.9. The summed E-state index contributed by atoms with van der Waals surface area (Å²) < 4.78 is 6.70. The number of rotatable bonds is 8. The Kier molecular flexibility index (Phi) is 7.44. The van der Waals surface area contributed by atoms with Crippen molar-refractivity contribution in [3.63, 3.8) is 0 Å². The second kappa shape index (κ2) is 9.34. The van der Waals surface area contributed by atoms with Gasteiger partial charge in [0, 0.05) is 0 Å². The Balaban J connectivity index is 2.09. The van der Waals surface area contributed by atoms with Crippen LogP contribution in [0, 0.1) is 3.57 Å². The molecule has 4 heteroatoms. The third-order valence-electron chi connectivity index (χ3n) is 4.38. The molecule has 0 saturated heterocycles. The Labute approximate surface area is 161 Å². The first-order valence-electron chi connectivity index (χ1n) is 8.41. The minimum atomic E-state index is -0.576. The van der Waals surface area contributed by atoms with E-state index in [1.54, 1.807) is 7.11 Å². The zero-order chi connectivity index (χ0) is 18.3. The molecule has 1 N–H and O–H groups in total. The first kappa shape index (κ1) is 19.9. The van der Waals surface area contributed by atoms with Crippen molar-refractivity contribution in [3.05, 3.63) is 69.3 Å². The van der Waals surface area contributed by atoms with E-state index in [1.807, 2.05) is 32.0 Å². The van der Waals surface area contributed by atoms with Crippen molar-refractivity contribution < 1.29 is 30.7 Å². The molecule has 3 nitrogen and oxygen atoms in total. The van der Waals surface area contributed by atoms with Crippen molar-refractivity contribution in [2.45, 2.75) is 31.7 Å². The van der Waals surface area contributed by atoms with Crippen LogP contribution < -0.4 is 26.5 Å². The van der Waals surface area contributed by atoms with Gasteiger partial charge in [0.2, 0.25) is 0 Å². The molecule has 0 aromatic heterocycles. The van der Waals surface area contributed by atoms with Crippen LogP contribution in [-0.2, 0) is 21.4 Å². The number of methoxy groups -OCH3 is 1. The summed E-state index contributed by atoms with van der Waals surface area (Å²) in [7, 11) is 1.67. The molecule has 25 heavy (non-hydrogen) atoms. The van der Waals surface area contributed by atoms with Gasteiger partial charge in [0.05, 0.1) is 0 Å². The van der Waals surface area contributed by atoms with Crippen molar-refractivity contribution in [3.8, 4) is 0 Å². The van der Waals surface area contributed by atoms with Crippen LogP contribution in [0.4, 0.5) is 0 Å². The van der Waals surface area contributed by atoms with E-state index in [0.717, 1.165) is 12.0 Å². The number of hydrogen-bond acceptors (Lipinski definition) is 2. The van der Waals surface area contributed by atoms with Gasteiger partial charge in [0.25, 0.3) is 0 Å². The van der Waals surface area contributed by atoms with Gasteiger partial charge < -0.3 is 0 Å². The Morgan fingerprint density at radius 1 is 1.12 bits per heavy atom. The molecular formula is C21H27INO2-. The van der Waals surface area contributed by atoms with Gasteiger partial charge in [0.15, 0.2) is 0 Å². The van der Waals surface area contributed by atoms with E-state index in [9.17, 15) is 4.79 Å². The van der Waals surface area contributed by atoms with Crippen molar-refractivity contribution in [1.29, 1.82) is 0 Å². The second-order valence-electron chi connectivity index (χ2n) is 6.64. The average molecular weight is 452 g/mol. The Morgan fingerprint density at radius 3 is 2.32 bits per heavy atom. The molecule has 2 aromatic carbocycles. The molecule has 1 atom stereocenters. The van der Waals surface area contributed by atoms with Crippen LogP contribution in [0.5, 0.6) is 0 Å². The number of benzene rings is 2. The van der Waals surface area contributed by atoms with Gasteiger partial charge in [-0.1, -0.05) is 6.07 Å². The third-order valence-corrected chi connectivity index (χ3v) is 6.34. The van der Waals surface area contributed by atoms with Crippen LogP contribution in [0.2, 0.25) is 0 Å². The van der Waals surface area contributed by atoms with Gasteiger partial charge in [-0.3, -0.25) is 0 Å². The number of amides is 1. The summed E-state index contributed by atoms with van der Waals surface area (Å²) in [5, 5.41) is 3.18. The number of alkyl halides is 1. The van der Waals surface area contributed by atoms with Gasteiger partial charge in [-0.15, -0.1) is 0 Å². The van der Waals surface area contributed by atoms with E-state index in [-0.39, 0.29) is 33.2 Å². The number of ether oxygens (including phenoxy) is 1. The third kappa shape index (κ3) is 5.54. The molecule has 0 aliphatic heterocycles. The number of carbonyl (C=O) groups is 1. The molecule has 0 fully saturated rings. The molecule has 136 valence electrons. The fourth-order valence-corrected chi connectivity index (χ4v) is 3.82. The van der Waals surface area contributed by atoms with E-state index in [2.05, 4.69) is 46.6 Å². The van der Waals surface area contributed by atoms with Crippen LogP contribution >= 0.6 is 0 Å². The molecule has 0 unspecified atom stereocenters. The topological polar surface area (TPSA) is 38.3 Å². The van der Waals surface area contributed by atoms with Crippen molar-refractivity contribution >= 4 is 5.91 Å². The van der Waals surface area contributed by atoms with Crippen LogP contribution in [0.3, 0.4) is 0 Å². The van der Waals surface area contributed by atoms with Crippen LogP contribution in [-0.4, -0.2) is 30.6 Å². The predicted octanol–water partition coefficient (Wildman–Crippen LogP) is 0.227. The van der Waals surface area contributed by atoms with E-state index in [4.69, 9.17) is 4.74 Å². The number of hydrogen-bond donors (Lipinski definition) is 1. The van der Waals surface area contributed by atoms with Crippen LogP contribution in [0.15, 0.2) is 54.6 Å². The molecular weight excluding hydrogens is 425 g/mol. The molecule has 0 aliphatic rings. The Bertz CT molecular complexity index is 668. The van der Waals surface area contributed by atoms with E-state index < -0.39 is 5.41 Å². The molecule has 1 amide bonds. The van der Waals surface area contributed by atoms with E-state index in [1.165, 1.54) is 9.13 Å². The first-order valence-corrected chi connectivity index (χ1v) is 11.6. The van der Waals surface area contributed by atoms with Crippen molar-refractivity contribution in [1.82, 2.24) is 5.32 Å². The minimum absolute atomic E-state index is 0.0319. The average Bonchev–Trinajstić information content (AvgIpc) is 2.62. The summed E-state index contributed by atoms with van der Waals surface area (Å²) in [6, 6.07) is 18.6. The molecule has 0 saturated carbocycles. The van der Waals surface area contributed by atoms with Crippen LogP contribution in [0.25, 0.3) is 0 Å². The van der Waals surface area contributed by atoms with Gasteiger partial charge in [-0.05, 0) is 0 Å². The van der Waals surface area contributed by atoms with E-state index in [0.29, 0.717) is 6.61 Å². The number of carbonyl (C=O) groups excluding carboxylic acids is 1.